The number of halogens is 1. The van der Waals surface area contributed by atoms with Crippen LogP contribution in [-0.2, 0) is 16.6 Å². The highest BCUT2D eigenvalue weighted by Gasteiger charge is 2.41. The number of sulfonamides is 1. The molecule has 0 atom stereocenters. The fourth-order valence-corrected chi connectivity index (χ4v) is 4.95. The molecule has 1 heterocycles. The zero-order valence-corrected chi connectivity index (χ0v) is 13.7. The Morgan fingerprint density at radius 1 is 1.18 bits per heavy atom. The summed E-state index contributed by atoms with van der Waals surface area (Å²) in [6.45, 7) is 2.21. The highest BCUT2D eigenvalue weighted by molar-refractivity contribution is 7.90. The smallest absolute Gasteiger partial charge is 0.216 e. The number of likely N-dealkylation sites (tertiary alicyclic amines) is 1. The first-order valence-corrected chi connectivity index (χ1v) is 9.41. The first-order valence-electron chi connectivity index (χ1n) is 7.91. The minimum Gasteiger partial charge on any atom is -0.299 e. The van der Waals surface area contributed by atoms with E-state index in [0.717, 1.165) is 38.8 Å². The summed E-state index contributed by atoms with van der Waals surface area (Å²) in [5, 5.41) is -0.144. The second kappa shape index (κ2) is 6.26. The van der Waals surface area contributed by atoms with Crippen LogP contribution < -0.4 is 0 Å². The van der Waals surface area contributed by atoms with Crippen LogP contribution in [0.3, 0.4) is 0 Å². The molecule has 0 radical (unpaired) electrons. The Balaban J connectivity index is 1.55. The predicted molar refractivity (Wildman–Crippen MR) is 84.4 cm³/mol. The zero-order chi connectivity index (χ0) is 15.7. The topological polar surface area (TPSA) is 40.6 Å². The Labute approximate surface area is 132 Å². The molecule has 2 fully saturated rings. The number of piperidine rings is 1. The molecule has 0 bridgehead atoms. The Hall–Kier alpha value is -0.980. The van der Waals surface area contributed by atoms with E-state index < -0.39 is 10.0 Å². The number of hydrogen-bond acceptors (Lipinski definition) is 3. The summed E-state index contributed by atoms with van der Waals surface area (Å²) in [5.41, 5.74) is 0.708. The Bertz CT molecular complexity index is 623. The van der Waals surface area contributed by atoms with Gasteiger partial charge in [-0.15, -0.1) is 0 Å². The van der Waals surface area contributed by atoms with Gasteiger partial charge in [0.05, 0.1) is 5.25 Å². The molecule has 1 saturated heterocycles. The average Bonchev–Trinajstić information content (AvgIpc) is 3.35. The second-order valence-corrected chi connectivity index (χ2v) is 8.63. The van der Waals surface area contributed by atoms with Gasteiger partial charge in [-0.25, -0.2) is 17.1 Å². The molecule has 1 aromatic rings. The van der Waals surface area contributed by atoms with Crippen molar-refractivity contribution in [2.45, 2.75) is 43.5 Å². The molecule has 0 N–H and O–H groups in total. The van der Waals surface area contributed by atoms with Crippen LogP contribution in [0, 0.1) is 5.82 Å². The van der Waals surface area contributed by atoms with Crippen LogP contribution in [-0.4, -0.2) is 49.1 Å². The molecule has 1 aliphatic heterocycles. The molecule has 2 aliphatic rings. The van der Waals surface area contributed by atoms with E-state index in [4.69, 9.17) is 0 Å². The third-order valence-corrected chi connectivity index (χ3v) is 7.18. The predicted octanol–water partition coefficient (Wildman–Crippen LogP) is 2.21. The van der Waals surface area contributed by atoms with Crippen molar-refractivity contribution in [3.8, 4) is 0 Å². The molecule has 0 aromatic heterocycles. The van der Waals surface area contributed by atoms with Gasteiger partial charge in [-0.3, -0.25) is 4.90 Å². The zero-order valence-electron chi connectivity index (χ0n) is 12.9. The van der Waals surface area contributed by atoms with Gasteiger partial charge in [-0.1, -0.05) is 18.2 Å². The SMILES string of the molecule is CN(C1CCN(Cc2ccccc2F)CC1)S(=O)(=O)C1CC1. The maximum absolute atomic E-state index is 13.7. The third-order valence-electron chi connectivity index (χ3n) is 4.77. The largest absolute Gasteiger partial charge is 0.299 e. The molecule has 122 valence electrons. The van der Waals surface area contributed by atoms with Crippen molar-refractivity contribution in [2.24, 2.45) is 0 Å². The highest BCUT2D eigenvalue weighted by Crippen LogP contribution is 2.32. The van der Waals surface area contributed by atoms with Gasteiger partial charge in [0.15, 0.2) is 0 Å². The van der Waals surface area contributed by atoms with Gasteiger partial charge < -0.3 is 0 Å². The van der Waals surface area contributed by atoms with Gasteiger partial charge in [0.25, 0.3) is 0 Å². The maximum atomic E-state index is 13.7. The minimum atomic E-state index is -3.09. The first kappa shape index (κ1) is 15.9. The van der Waals surface area contributed by atoms with E-state index in [1.165, 1.54) is 6.07 Å². The van der Waals surface area contributed by atoms with Crippen LogP contribution in [0.25, 0.3) is 0 Å². The van der Waals surface area contributed by atoms with Crippen molar-refractivity contribution in [3.05, 3.63) is 35.6 Å². The van der Waals surface area contributed by atoms with Crippen molar-refractivity contribution in [1.29, 1.82) is 0 Å². The van der Waals surface area contributed by atoms with Gasteiger partial charge in [-0.05, 0) is 31.7 Å². The molecule has 1 saturated carbocycles. The number of nitrogens with zero attached hydrogens (tertiary/aromatic N) is 2. The molecule has 1 aromatic carbocycles. The third kappa shape index (κ3) is 3.34. The van der Waals surface area contributed by atoms with Crippen molar-refractivity contribution < 1.29 is 12.8 Å². The summed E-state index contributed by atoms with van der Waals surface area (Å²) >= 11 is 0. The molecule has 3 rings (SSSR count). The number of benzene rings is 1. The van der Waals surface area contributed by atoms with Crippen LogP contribution >= 0.6 is 0 Å². The molecular formula is C16H23FN2O2S. The molecule has 6 heteroatoms. The van der Waals surface area contributed by atoms with Gasteiger partial charge >= 0.3 is 0 Å². The van der Waals surface area contributed by atoms with E-state index in [2.05, 4.69) is 4.90 Å². The van der Waals surface area contributed by atoms with Gasteiger partial charge in [0.2, 0.25) is 10.0 Å². The standard InChI is InChI=1S/C16H23FN2O2S/c1-18(22(20,21)15-6-7-15)14-8-10-19(11-9-14)12-13-4-2-3-5-16(13)17/h2-5,14-15H,6-12H2,1H3. The van der Waals surface area contributed by atoms with Crippen molar-refractivity contribution in [3.63, 3.8) is 0 Å². The monoisotopic (exact) mass is 326 g/mol. The van der Waals surface area contributed by atoms with Crippen LogP contribution in [0.4, 0.5) is 4.39 Å². The molecule has 0 unspecified atom stereocenters. The summed E-state index contributed by atoms with van der Waals surface area (Å²) < 4.78 is 39.8. The average molecular weight is 326 g/mol. The molecule has 0 amide bonds. The lowest BCUT2D eigenvalue weighted by Gasteiger charge is -2.36. The summed E-state index contributed by atoms with van der Waals surface area (Å²) in [7, 11) is -1.38. The van der Waals surface area contributed by atoms with Crippen LogP contribution in [0.2, 0.25) is 0 Å². The van der Waals surface area contributed by atoms with Gasteiger partial charge in [0.1, 0.15) is 5.82 Å². The quantitative estimate of drug-likeness (QED) is 0.833. The highest BCUT2D eigenvalue weighted by atomic mass is 32.2. The molecule has 4 nitrogen and oxygen atoms in total. The van der Waals surface area contributed by atoms with Crippen molar-refractivity contribution in [2.75, 3.05) is 20.1 Å². The van der Waals surface area contributed by atoms with E-state index in [0.29, 0.717) is 12.1 Å². The summed E-state index contributed by atoms with van der Waals surface area (Å²) in [6.07, 6.45) is 3.24. The van der Waals surface area contributed by atoms with Crippen LogP contribution in [0.5, 0.6) is 0 Å². The molecule has 0 spiro atoms. The Morgan fingerprint density at radius 3 is 2.41 bits per heavy atom. The van der Waals surface area contributed by atoms with Crippen LogP contribution in [0.15, 0.2) is 24.3 Å². The summed E-state index contributed by atoms with van der Waals surface area (Å²) in [4.78, 5) is 2.20. The lowest BCUT2D eigenvalue weighted by Crippen LogP contribution is -2.46. The van der Waals surface area contributed by atoms with Crippen molar-refractivity contribution in [1.82, 2.24) is 9.21 Å². The maximum Gasteiger partial charge on any atom is 0.216 e. The number of hydrogen-bond donors (Lipinski definition) is 0. The summed E-state index contributed by atoms with van der Waals surface area (Å²) in [5.74, 6) is -0.168. The number of rotatable bonds is 5. The molecule has 22 heavy (non-hydrogen) atoms. The second-order valence-electron chi connectivity index (χ2n) is 6.36. The van der Waals surface area contributed by atoms with E-state index in [1.54, 1.807) is 17.4 Å². The van der Waals surface area contributed by atoms with E-state index in [1.807, 2.05) is 12.1 Å². The molecule has 1 aliphatic carbocycles. The van der Waals surface area contributed by atoms with E-state index in [-0.39, 0.29) is 17.1 Å². The van der Waals surface area contributed by atoms with Gasteiger partial charge in [-0.2, -0.15) is 0 Å². The van der Waals surface area contributed by atoms with Crippen molar-refractivity contribution >= 4 is 10.0 Å². The normalized spacial score (nSPS) is 21.4. The fourth-order valence-electron chi connectivity index (χ4n) is 3.12. The lowest BCUT2D eigenvalue weighted by molar-refractivity contribution is 0.162. The Morgan fingerprint density at radius 2 is 1.82 bits per heavy atom. The van der Waals surface area contributed by atoms with E-state index in [9.17, 15) is 12.8 Å². The summed E-state index contributed by atoms with van der Waals surface area (Å²) in [6, 6.07) is 6.93. The minimum absolute atomic E-state index is 0.0856. The fraction of sp³-hybridized carbons (Fsp3) is 0.625. The van der Waals surface area contributed by atoms with E-state index >= 15 is 0 Å². The van der Waals surface area contributed by atoms with Crippen LogP contribution in [0.1, 0.15) is 31.2 Å². The van der Waals surface area contributed by atoms with Gasteiger partial charge in [0, 0.05) is 38.3 Å². The molecular weight excluding hydrogens is 303 g/mol. The lowest BCUT2D eigenvalue weighted by atomic mass is 10.0. The Kier molecular flexibility index (Phi) is 4.52. The first-order chi connectivity index (χ1) is 10.5.